The summed E-state index contributed by atoms with van der Waals surface area (Å²) in [5.41, 5.74) is 3.50. The Bertz CT molecular complexity index is 680. The molecule has 90 valence electrons. The zero-order valence-electron chi connectivity index (χ0n) is 9.51. The normalized spacial score (nSPS) is 11.9. The Morgan fingerprint density at radius 1 is 1.12 bits per heavy atom. The molecule has 0 unspecified atom stereocenters. The van der Waals surface area contributed by atoms with Gasteiger partial charge in [0, 0.05) is 0 Å². The van der Waals surface area contributed by atoms with Gasteiger partial charge in [-0.25, -0.2) is 9.97 Å². The first-order valence-electron chi connectivity index (χ1n) is 5.04. The van der Waals surface area contributed by atoms with E-state index in [1.807, 2.05) is 13.8 Å². The Morgan fingerprint density at radius 2 is 1.71 bits per heavy atom. The van der Waals surface area contributed by atoms with Crippen molar-refractivity contribution in [3.63, 3.8) is 0 Å². The molecule has 1 heterocycles. The SMILES string of the molecule is Cc1nc2ccc(CS(=O)(=O)O)cc2nc1C. The summed E-state index contributed by atoms with van der Waals surface area (Å²) in [6.07, 6.45) is 0. The standard InChI is InChI=1S/C11H12N2O3S/c1-7-8(2)13-11-5-9(6-17(14,15)16)3-4-10(11)12-7/h3-5H,6H2,1-2H3,(H,14,15,16). The highest BCUT2D eigenvalue weighted by Crippen LogP contribution is 2.15. The third kappa shape index (κ3) is 2.78. The van der Waals surface area contributed by atoms with Crippen LogP contribution in [-0.4, -0.2) is 22.9 Å². The van der Waals surface area contributed by atoms with Gasteiger partial charge in [0.15, 0.2) is 0 Å². The van der Waals surface area contributed by atoms with Crippen LogP contribution in [0.4, 0.5) is 0 Å². The van der Waals surface area contributed by atoms with Crippen molar-refractivity contribution in [3.8, 4) is 0 Å². The van der Waals surface area contributed by atoms with Gasteiger partial charge in [-0.15, -0.1) is 0 Å². The molecular weight excluding hydrogens is 240 g/mol. The van der Waals surface area contributed by atoms with Crippen LogP contribution in [0.2, 0.25) is 0 Å². The molecule has 2 aromatic rings. The lowest BCUT2D eigenvalue weighted by molar-refractivity contribution is 0.482. The van der Waals surface area contributed by atoms with Crippen molar-refractivity contribution >= 4 is 21.2 Å². The number of hydrogen-bond donors (Lipinski definition) is 1. The first-order chi connectivity index (χ1) is 7.85. The highest BCUT2D eigenvalue weighted by molar-refractivity contribution is 7.85. The molecular formula is C11H12N2O3S. The van der Waals surface area contributed by atoms with E-state index in [0.29, 0.717) is 16.6 Å². The van der Waals surface area contributed by atoms with E-state index in [0.717, 1.165) is 11.4 Å². The van der Waals surface area contributed by atoms with Gasteiger partial charge < -0.3 is 0 Å². The predicted molar refractivity (Wildman–Crippen MR) is 64.3 cm³/mol. The topological polar surface area (TPSA) is 80.2 Å². The van der Waals surface area contributed by atoms with Gasteiger partial charge in [0.05, 0.1) is 22.4 Å². The molecule has 2 rings (SSSR count). The molecule has 0 aliphatic rings. The van der Waals surface area contributed by atoms with E-state index < -0.39 is 15.9 Å². The average Bonchev–Trinajstić information content (AvgIpc) is 2.18. The maximum absolute atomic E-state index is 10.8. The quantitative estimate of drug-likeness (QED) is 0.822. The minimum atomic E-state index is -4.01. The average molecular weight is 252 g/mol. The Labute approximate surface area is 99.3 Å². The summed E-state index contributed by atoms with van der Waals surface area (Å²) in [5.74, 6) is -0.405. The number of benzene rings is 1. The van der Waals surface area contributed by atoms with Gasteiger partial charge in [-0.1, -0.05) is 6.07 Å². The summed E-state index contributed by atoms with van der Waals surface area (Å²) in [5, 5.41) is 0. The fourth-order valence-electron chi connectivity index (χ4n) is 1.58. The van der Waals surface area contributed by atoms with Gasteiger partial charge in [0.2, 0.25) is 0 Å². The molecule has 0 aliphatic carbocycles. The van der Waals surface area contributed by atoms with E-state index in [4.69, 9.17) is 4.55 Å². The molecule has 1 aromatic carbocycles. The second kappa shape index (κ2) is 4.05. The van der Waals surface area contributed by atoms with Gasteiger partial charge in [0.1, 0.15) is 5.75 Å². The smallest absolute Gasteiger partial charge is 0.269 e. The first-order valence-corrected chi connectivity index (χ1v) is 6.65. The van der Waals surface area contributed by atoms with Crippen LogP contribution in [-0.2, 0) is 15.9 Å². The predicted octanol–water partition coefficient (Wildman–Crippen LogP) is 1.63. The monoisotopic (exact) mass is 252 g/mol. The molecule has 0 amide bonds. The molecule has 17 heavy (non-hydrogen) atoms. The lowest BCUT2D eigenvalue weighted by Gasteiger charge is -2.04. The van der Waals surface area contributed by atoms with E-state index in [1.54, 1.807) is 18.2 Å². The summed E-state index contributed by atoms with van der Waals surface area (Å²) in [4.78, 5) is 8.67. The summed E-state index contributed by atoms with van der Waals surface area (Å²) in [6, 6.07) is 4.96. The van der Waals surface area contributed by atoms with Crippen molar-refractivity contribution in [2.24, 2.45) is 0 Å². The van der Waals surface area contributed by atoms with Crippen molar-refractivity contribution in [1.82, 2.24) is 9.97 Å². The molecule has 0 bridgehead atoms. The van der Waals surface area contributed by atoms with Crippen molar-refractivity contribution in [1.29, 1.82) is 0 Å². The molecule has 0 fully saturated rings. The number of hydrogen-bond acceptors (Lipinski definition) is 4. The Morgan fingerprint density at radius 3 is 2.29 bits per heavy atom. The molecule has 1 N–H and O–H groups in total. The van der Waals surface area contributed by atoms with Gasteiger partial charge >= 0.3 is 0 Å². The number of aromatic nitrogens is 2. The third-order valence-electron chi connectivity index (χ3n) is 2.49. The highest BCUT2D eigenvalue weighted by Gasteiger charge is 2.08. The largest absolute Gasteiger partial charge is 0.285 e. The van der Waals surface area contributed by atoms with Gasteiger partial charge in [-0.2, -0.15) is 8.42 Å². The second-order valence-electron chi connectivity index (χ2n) is 3.94. The maximum atomic E-state index is 10.8. The minimum absolute atomic E-state index is 0.405. The summed E-state index contributed by atoms with van der Waals surface area (Å²) in [7, 11) is -4.01. The second-order valence-corrected chi connectivity index (χ2v) is 5.40. The number of nitrogens with zero attached hydrogens (tertiary/aromatic N) is 2. The molecule has 0 spiro atoms. The molecule has 0 atom stereocenters. The van der Waals surface area contributed by atoms with Crippen molar-refractivity contribution < 1.29 is 13.0 Å². The lowest BCUT2D eigenvalue weighted by atomic mass is 10.2. The van der Waals surface area contributed by atoms with Crippen molar-refractivity contribution in [3.05, 3.63) is 35.2 Å². The van der Waals surface area contributed by atoms with Crippen molar-refractivity contribution in [2.45, 2.75) is 19.6 Å². The molecule has 0 radical (unpaired) electrons. The molecule has 1 aromatic heterocycles. The van der Waals surface area contributed by atoms with Crippen LogP contribution >= 0.6 is 0 Å². The van der Waals surface area contributed by atoms with E-state index in [1.165, 1.54) is 0 Å². The molecule has 5 nitrogen and oxygen atoms in total. The number of rotatable bonds is 2. The van der Waals surface area contributed by atoms with Crippen LogP contribution < -0.4 is 0 Å². The van der Waals surface area contributed by atoms with Crippen LogP contribution in [0.5, 0.6) is 0 Å². The van der Waals surface area contributed by atoms with Crippen LogP contribution in [0.3, 0.4) is 0 Å². The summed E-state index contributed by atoms with van der Waals surface area (Å²) < 4.78 is 30.3. The van der Waals surface area contributed by atoms with E-state index in [2.05, 4.69) is 9.97 Å². The fraction of sp³-hybridized carbons (Fsp3) is 0.273. The van der Waals surface area contributed by atoms with Gasteiger partial charge in [-0.05, 0) is 31.5 Å². The maximum Gasteiger partial charge on any atom is 0.269 e. The third-order valence-corrected chi connectivity index (χ3v) is 3.19. The lowest BCUT2D eigenvalue weighted by Crippen LogP contribution is -2.02. The fourth-order valence-corrected chi connectivity index (χ4v) is 2.18. The Kier molecular flexibility index (Phi) is 2.84. The molecule has 0 saturated carbocycles. The van der Waals surface area contributed by atoms with Gasteiger partial charge in [0.25, 0.3) is 10.1 Å². The Hall–Kier alpha value is -1.53. The van der Waals surface area contributed by atoms with Gasteiger partial charge in [-0.3, -0.25) is 4.55 Å². The molecule has 0 aliphatic heterocycles. The number of fused-ring (bicyclic) bond motifs is 1. The van der Waals surface area contributed by atoms with Crippen molar-refractivity contribution in [2.75, 3.05) is 0 Å². The van der Waals surface area contributed by atoms with E-state index >= 15 is 0 Å². The van der Waals surface area contributed by atoms with Crippen LogP contribution in [0.15, 0.2) is 18.2 Å². The number of aryl methyl sites for hydroxylation is 2. The van der Waals surface area contributed by atoms with E-state index in [-0.39, 0.29) is 0 Å². The van der Waals surface area contributed by atoms with E-state index in [9.17, 15) is 8.42 Å². The summed E-state index contributed by atoms with van der Waals surface area (Å²) >= 11 is 0. The highest BCUT2D eigenvalue weighted by atomic mass is 32.2. The Balaban J connectivity index is 2.54. The van der Waals surface area contributed by atoms with Crippen LogP contribution in [0.1, 0.15) is 17.0 Å². The minimum Gasteiger partial charge on any atom is -0.285 e. The summed E-state index contributed by atoms with van der Waals surface area (Å²) in [6.45, 7) is 3.71. The molecule has 6 heteroatoms. The van der Waals surface area contributed by atoms with Crippen LogP contribution in [0.25, 0.3) is 11.0 Å². The first kappa shape index (κ1) is 11.9. The zero-order chi connectivity index (χ0) is 12.6. The van der Waals surface area contributed by atoms with Crippen LogP contribution in [0, 0.1) is 13.8 Å². The zero-order valence-corrected chi connectivity index (χ0v) is 10.3. The molecule has 0 saturated heterocycles.